The minimum Gasteiger partial charge on any atom is -0.339 e. The Morgan fingerprint density at radius 2 is 2.05 bits per heavy atom. The Hall–Kier alpha value is -1.28. The molecule has 2 unspecified atom stereocenters. The van der Waals surface area contributed by atoms with Crippen LogP contribution < -0.4 is 9.62 Å². The lowest BCUT2D eigenvalue weighted by molar-refractivity contribution is 0.442. The molecule has 0 aliphatic carbocycles. The maximum atomic E-state index is 12.8. The van der Waals surface area contributed by atoms with Gasteiger partial charge in [-0.1, -0.05) is 13.3 Å². The molecule has 2 atom stereocenters. The Kier molecular flexibility index (Phi) is 4.54. The SMILES string of the molecule is CCCC1CN(c2ncc(F)cn2)CC1NS(C)(=O)=O. The molecule has 20 heavy (non-hydrogen) atoms. The maximum absolute atomic E-state index is 12.8. The van der Waals surface area contributed by atoms with Gasteiger partial charge in [0.05, 0.1) is 18.6 Å². The molecule has 2 heterocycles. The zero-order valence-electron chi connectivity index (χ0n) is 11.6. The van der Waals surface area contributed by atoms with Crippen molar-refractivity contribution in [3.8, 4) is 0 Å². The third-order valence-corrected chi connectivity index (χ3v) is 4.09. The van der Waals surface area contributed by atoms with Crippen molar-refractivity contribution in [3.05, 3.63) is 18.2 Å². The Bertz CT molecular complexity index is 549. The molecule has 0 radical (unpaired) electrons. The fourth-order valence-electron chi connectivity index (χ4n) is 2.58. The van der Waals surface area contributed by atoms with E-state index in [1.165, 1.54) is 0 Å². The molecule has 8 heteroatoms. The van der Waals surface area contributed by atoms with Gasteiger partial charge in [0.2, 0.25) is 16.0 Å². The van der Waals surface area contributed by atoms with Gasteiger partial charge in [-0.2, -0.15) is 0 Å². The molecule has 0 aromatic carbocycles. The van der Waals surface area contributed by atoms with Gasteiger partial charge in [0.1, 0.15) is 0 Å². The predicted molar refractivity (Wildman–Crippen MR) is 74.4 cm³/mol. The molecular formula is C12H19FN4O2S. The van der Waals surface area contributed by atoms with Gasteiger partial charge in [0.15, 0.2) is 5.82 Å². The molecule has 0 bridgehead atoms. The van der Waals surface area contributed by atoms with Crippen molar-refractivity contribution in [3.63, 3.8) is 0 Å². The Morgan fingerprint density at radius 3 is 2.60 bits per heavy atom. The number of halogens is 1. The number of anilines is 1. The summed E-state index contributed by atoms with van der Waals surface area (Å²) >= 11 is 0. The molecule has 2 rings (SSSR count). The highest BCUT2D eigenvalue weighted by Crippen LogP contribution is 2.25. The lowest BCUT2D eigenvalue weighted by Crippen LogP contribution is -2.40. The first-order valence-corrected chi connectivity index (χ1v) is 8.48. The summed E-state index contributed by atoms with van der Waals surface area (Å²) in [6, 6.07) is -0.154. The highest BCUT2D eigenvalue weighted by Gasteiger charge is 2.34. The third-order valence-electron chi connectivity index (χ3n) is 3.36. The molecule has 6 nitrogen and oxygen atoms in total. The maximum Gasteiger partial charge on any atom is 0.225 e. The van der Waals surface area contributed by atoms with Crippen LogP contribution >= 0.6 is 0 Å². The van der Waals surface area contributed by atoms with E-state index >= 15 is 0 Å². The Morgan fingerprint density at radius 1 is 1.40 bits per heavy atom. The van der Waals surface area contributed by atoms with Crippen LogP contribution in [0.2, 0.25) is 0 Å². The fraction of sp³-hybridized carbons (Fsp3) is 0.667. The van der Waals surface area contributed by atoms with Gasteiger partial charge in [-0.25, -0.2) is 27.5 Å². The van der Waals surface area contributed by atoms with Crippen molar-refractivity contribution in [2.75, 3.05) is 24.2 Å². The van der Waals surface area contributed by atoms with Crippen LogP contribution in [0.5, 0.6) is 0 Å². The standard InChI is InChI=1S/C12H19FN4O2S/c1-3-4-9-7-17(8-11(9)16-20(2,18)19)12-14-5-10(13)6-15-12/h5-6,9,11,16H,3-4,7-8H2,1-2H3. The highest BCUT2D eigenvalue weighted by atomic mass is 32.2. The van der Waals surface area contributed by atoms with Gasteiger partial charge < -0.3 is 4.90 Å². The van der Waals surface area contributed by atoms with Crippen molar-refractivity contribution in [2.24, 2.45) is 5.92 Å². The first-order valence-electron chi connectivity index (χ1n) is 6.59. The van der Waals surface area contributed by atoms with E-state index < -0.39 is 15.8 Å². The van der Waals surface area contributed by atoms with E-state index in [0.29, 0.717) is 19.0 Å². The number of nitrogens with zero attached hydrogens (tertiary/aromatic N) is 3. The van der Waals surface area contributed by atoms with E-state index in [0.717, 1.165) is 31.5 Å². The second-order valence-electron chi connectivity index (χ2n) is 5.15. The molecule has 1 aliphatic rings. The van der Waals surface area contributed by atoms with Crippen LogP contribution in [0.25, 0.3) is 0 Å². The molecule has 0 amide bonds. The smallest absolute Gasteiger partial charge is 0.225 e. The quantitative estimate of drug-likeness (QED) is 0.869. The van der Waals surface area contributed by atoms with Crippen LogP contribution in [0.15, 0.2) is 12.4 Å². The van der Waals surface area contributed by atoms with Gasteiger partial charge in [0, 0.05) is 19.1 Å². The van der Waals surface area contributed by atoms with Crippen LogP contribution in [0.3, 0.4) is 0 Å². The van der Waals surface area contributed by atoms with Crippen LogP contribution in [-0.2, 0) is 10.0 Å². The second-order valence-corrected chi connectivity index (χ2v) is 6.93. The molecule has 1 saturated heterocycles. The zero-order valence-corrected chi connectivity index (χ0v) is 12.4. The monoisotopic (exact) mass is 302 g/mol. The third kappa shape index (κ3) is 3.86. The summed E-state index contributed by atoms with van der Waals surface area (Å²) in [6.45, 7) is 3.24. The minimum atomic E-state index is -3.25. The first-order chi connectivity index (χ1) is 9.39. The van der Waals surface area contributed by atoms with E-state index in [1.807, 2.05) is 4.90 Å². The number of sulfonamides is 1. The minimum absolute atomic E-state index is 0.154. The molecule has 0 spiro atoms. The fourth-order valence-corrected chi connectivity index (χ4v) is 3.39. The van der Waals surface area contributed by atoms with Crippen molar-refractivity contribution in [2.45, 2.75) is 25.8 Å². The topological polar surface area (TPSA) is 75.2 Å². The first kappa shape index (κ1) is 15.1. The van der Waals surface area contributed by atoms with Gasteiger partial charge in [-0.15, -0.1) is 0 Å². The summed E-state index contributed by atoms with van der Waals surface area (Å²) in [5.74, 6) is 0.164. The average molecular weight is 302 g/mol. The van der Waals surface area contributed by atoms with Crippen LogP contribution in [0.4, 0.5) is 10.3 Å². The van der Waals surface area contributed by atoms with Crippen LogP contribution in [-0.4, -0.2) is 43.8 Å². The lowest BCUT2D eigenvalue weighted by Gasteiger charge is -2.17. The van der Waals surface area contributed by atoms with Crippen molar-refractivity contribution in [1.29, 1.82) is 0 Å². The van der Waals surface area contributed by atoms with E-state index in [1.54, 1.807) is 0 Å². The number of aromatic nitrogens is 2. The van der Waals surface area contributed by atoms with E-state index in [2.05, 4.69) is 21.6 Å². The Labute approximate surface area is 118 Å². The highest BCUT2D eigenvalue weighted by molar-refractivity contribution is 7.88. The Balaban J connectivity index is 2.12. The van der Waals surface area contributed by atoms with Crippen molar-refractivity contribution < 1.29 is 12.8 Å². The van der Waals surface area contributed by atoms with Crippen LogP contribution in [0.1, 0.15) is 19.8 Å². The summed E-state index contributed by atoms with van der Waals surface area (Å²) in [7, 11) is -3.25. The van der Waals surface area contributed by atoms with Crippen LogP contribution in [0, 0.1) is 11.7 Å². The van der Waals surface area contributed by atoms with Crippen molar-refractivity contribution in [1.82, 2.24) is 14.7 Å². The van der Waals surface area contributed by atoms with Gasteiger partial charge in [-0.3, -0.25) is 0 Å². The largest absolute Gasteiger partial charge is 0.339 e. The summed E-state index contributed by atoms with van der Waals surface area (Å²) in [5, 5.41) is 0. The molecular weight excluding hydrogens is 283 g/mol. The molecule has 1 aliphatic heterocycles. The summed E-state index contributed by atoms with van der Waals surface area (Å²) in [5.41, 5.74) is 0. The van der Waals surface area contributed by atoms with Gasteiger partial charge in [-0.05, 0) is 12.3 Å². The predicted octanol–water partition coefficient (Wildman–Crippen LogP) is 0.770. The molecule has 0 saturated carbocycles. The van der Waals surface area contributed by atoms with E-state index in [-0.39, 0.29) is 12.0 Å². The molecule has 1 aromatic rings. The van der Waals surface area contributed by atoms with Crippen molar-refractivity contribution >= 4 is 16.0 Å². The summed E-state index contributed by atoms with van der Waals surface area (Å²) in [4.78, 5) is 9.79. The average Bonchev–Trinajstić information content (AvgIpc) is 2.71. The zero-order chi connectivity index (χ0) is 14.8. The molecule has 1 aromatic heterocycles. The van der Waals surface area contributed by atoms with Gasteiger partial charge in [0.25, 0.3) is 0 Å². The lowest BCUT2D eigenvalue weighted by atomic mass is 9.99. The summed E-state index contributed by atoms with van der Waals surface area (Å²) < 4.78 is 38.3. The van der Waals surface area contributed by atoms with E-state index in [4.69, 9.17) is 0 Å². The molecule has 1 fully saturated rings. The number of rotatable bonds is 5. The molecule has 1 N–H and O–H groups in total. The normalized spacial score (nSPS) is 23.2. The van der Waals surface area contributed by atoms with Gasteiger partial charge >= 0.3 is 0 Å². The number of hydrogen-bond acceptors (Lipinski definition) is 5. The second kappa shape index (κ2) is 6.01. The number of nitrogens with one attached hydrogen (secondary N) is 1. The number of hydrogen-bond donors (Lipinski definition) is 1. The molecule has 112 valence electrons. The van der Waals surface area contributed by atoms with E-state index in [9.17, 15) is 12.8 Å². The summed E-state index contributed by atoms with van der Waals surface area (Å²) in [6.07, 6.45) is 5.30.